The lowest BCUT2D eigenvalue weighted by atomic mass is 10.2. The van der Waals surface area contributed by atoms with Gasteiger partial charge in [0.05, 0.1) is 0 Å². The molecule has 1 aliphatic rings. The lowest BCUT2D eigenvalue weighted by molar-refractivity contribution is 0.647. The number of anilines is 5. The molecule has 0 amide bonds. The van der Waals surface area contributed by atoms with Gasteiger partial charge in [-0.25, -0.2) is 9.97 Å². The van der Waals surface area contributed by atoms with E-state index in [2.05, 4.69) is 65.3 Å². The molecule has 6 nitrogen and oxygen atoms in total. The molecule has 0 spiro atoms. The highest BCUT2D eigenvalue weighted by molar-refractivity contribution is 9.10. The number of nitrogens with two attached hydrogens (primary N) is 1. The highest BCUT2D eigenvalue weighted by atomic mass is 79.9. The Balaban J connectivity index is 1.47. The molecule has 0 atom stereocenters. The van der Waals surface area contributed by atoms with Crippen molar-refractivity contribution in [3.63, 3.8) is 0 Å². The Bertz CT molecular complexity index is 892. The van der Waals surface area contributed by atoms with Gasteiger partial charge in [-0.05, 0) is 36.4 Å². The number of piperazine rings is 1. The number of halogens is 1. The summed E-state index contributed by atoms with van der Waals surface area (Å²) in [6.45, 7) is 3.60. The van der Waals surface area contributed by atoms with Crippen molar-refractivity contribution in [3.8, 4) is 0 Å². The monoisotopic (exact) mass is 424 g/mol. The van der Waals surface area contributed by atoms with Gasteiger partial charge in [0, 0.05) is 42.0 Å². The number of nitrogens with zero attached hydrogens (tertiary/aromatic N) is 4. The largest absolute Gasteiger partial charge is 0.393 e. The van der Waals surface area contributed by atoms with E-state index >= 15 is 0 Å². The van der Waals surface area contributed by atoms with Crippen LogP contribution in [0.5, 0.6) is 0 Å². The van der Waals surface area contributed by atoms with E-state index in [4.69, 9.17) is 5.73 Å². The van der Waals surface area contributed by atoms with Gasteiger partial charge in [0.15, 0.2) is 11.6 Å². The Kier molecular flexibility index (Phi) is 5.11. The first-order chi connectivity index (χ1) is 13.2. The predicted molar refractivity (Wildman–Crippen MR) is 115 cm³/mol. The molecule has 1 saturated heterocycles. The summed E-state index contributed by atoms with van der Waals surface area (Å²) in [5, 5.41) is 3.28. The third-order valence-electron chi connectivity index (χ3n) is 4.67. The molecule has 0 saturated carbocycles. The number of aromatic nitrogens is 2. The fraction of sp³-hybridized carbons (Fsp3) is 0.200. The standard InChI is InChI=1S/C20H21BrN6/c21-15-6-8-16(9-7-15)25-19-18(22)20(24-14-23-19)27-12-10-26(11-13-27)17-4-2-1-3-5-17/h1-9,14H,10-13,22H2,(H,23,24,25). The second kappa shape index (κ2) is 7.84. The van der Waals surface area contributed by atoms with Crippen LogP contribution >= 0.6 is 15.9 Å². The van der Waals surface area contributed by atoms with Gasteiger partial charge in [-0.1, -0.05) is 34.1 Å². The summed E-state index contributed by atoms with van der Waals surface area (Å²) in [5.41, 5.74) is 9.15. The van der Waals surface area contributed by atoms with E-state index in [9.17, 15) is 0 Å². The summed E-state index contributed by atoms with van der Waals surface area (Å²) < 4.78 is 1.03. The molecule has 2 heterocycles. The SMILES string of the molecule is Nc1c(Nc2ccc(Br)cc2)ncnc1N1CCN(c2ccccc2)CC1. The Labute approximate surface area is 167 Å². The van der Waals surface area contributed by atoms with Crippen LogP contribution < -0.4 is 20.9 Å². The maximum atomic E-state index is 6.39. The van der Waals surface area contributed by atoms with E-state index in [0.29, 0.717) is 11.5 Å². The van der Waals surface area contributed by atoms with Gasteiger partial charge in [0.2, 0.25) is 0 Å². The van der Waals surface area contributed by atoms with Crippen molar-refractivity contribution in [2.24, 2.45) is 0 Å². The van der Waals surface area contributed by atoms with Crippen LogP contribution in [0.25, 0.3) is 0 Å². The van der Waals surface area contributed by atoms with Crippen molar-refractivity contribution in [1.82, 2.24) is 9.97 Å². The number of hydrogen-bond donors (Lipinski definition) is 2. The van der Waals surface area contributed by atoms with Crippen molar-refractivity contribution in [2.75, 3.05) is 47.0 Å². The molecule has 7 heteroatoms. The second-order valence-electron chi connectivity index (χ2n) is 6.40. The summed E-state index contributed by atoms with van der Waals surface area (Å²) in [5.74, 6) is 1.42. The average molecular weight is 425 g/mol. The maximum Gasteiger partial charge on any atom is 0.159 e. The predicted octanol–water partition coefficient (Wildman–Crippen LogP) is 3.89. The van der Waals surface area contributed by atoms with Crippen LogP contribution in [0.3, 0.4) is 0 Å². The molecular weight excluding hydrogens is 404 g/mol. The second-order valence-corrected chi connectivity index (χ2v) is 7.32. The van der Waals surface area contributed by atoms with Gasteiger partial charge >= 0.3 is 0 Å². The van der Waals surface area contributed by atoms with Gasteiger partial charge < -0.3 is 20.9 Å². The number of benzene rings is 2. The van der Waals surface area contributed by atoms with Crippen molar-refractivity contribution < 1.29 is 0 Å². The molecule has 0 aliphatic carbocycles. The van der Waals surface area contributed by atoms with Crippen molar-refractivity contribution >= 4 is 44.6 Å². The first-order valence-corrected chi connectivity index (χ1v) is 9.68. The highest BCUT2D eigenvalue weighted by Gasteiger charge is 2.21. The molecule has 3 aromatic rings. The molecule has 1 fully saturated rings. The van der Waals surface area contributed by atoms with Crippen LogP contribution in [0.4, 0.5) is 28.7 Å². The van der Waals surface area contributed by atoms with E-state index in [0.717, 1.165) is 42.2 Å². The third kappa shape index (κ3) is 3.98. The highest BCUT2D eigenvalue weighted by Crippen LogP contribution is 2.30. The summed E-state index contributed by atoms with van der Waals surface area (Å²) in [4.78, 5) is 13.4. The first-order valence-electron chi connectivity index (χ1n) is 8.89. The summed E-state index contributed by atoms with van der Waals surface area (Å²) in [6, 6.07) is 18.4. The quantitative estimate of drug-likeness (QED) is 0.661. The lowest BCUT2D eigenvalue weighted by Gasteiger charge is -2.37. The fourth-order valence-corrected chi connectivity index (χ4v) is 3.49. The first kappa shape index (κ1) is 17.6. The molecule has 1 aliphatic heterocycles. The van der Waals surface area contributed by atoms with E-state index in [1.807, 2.05) is 30.3 Å². The fourth-order valence-electron chi connectivity index (χ4n) is 3.22. The van der Waals surface area contributed by atoms with E-state index in [1.165, 1.54) is 5.69 Å². The van der Waals surface area contributed by atoms with Gasteiger partial charge in [0.1, 0.15) is 12.0 Å². The summed E-state index contributed by atoms with van der Waals surface area (Å²) >= 11 is 3.44. The molecule has 27 heavy (non-hydrogen) atoms. The molecule has 138 valence electrons. The minimum absolute atomic E-state index is 0.577. The van der Waals surface area contributed by atoms with Crippen molar-refractivity contribution in [3.05, 3.63) is 65.4 Å². The molecule has 4 rings (SSSR count). The number of hydrogen-bond acceptors (Lipinski definition) is 6. The molecule has 2 aromatic carbocycles. The zero-order chi connectivity index (χ0) is 18.6. The zero-order valence-corrected chi connectivity index (χ0v) is 16.4. The number of rotatable bonds is 4. The van der Waals surface area contributed by atoms with Gasteiger partial charge in [-0.2, -0.15) is 0 Å². The van der Waals surface area contributed by atoms with E-state index in [-0.39, 0.29) is 0 Å². The Hall–Kier alpha value is -2.80. The Morgan fingerprint density at radius 1 is 0.852 bits per heavy atom. The Morgan fingerprint density at radius 3 is 2.22 bits per heavy atom. The average Bonchev–Trinajstić information content (AvgIpc) is 2.72. The maximum absolute atomic E-state index is 6.39. The van der Waals surface area contributed by atoms with Crippen LogP contribution in [0.15, 0.2) is 65.4 Å². The van der Waals surface area contributed by atoms with Crippen LogP contribution in [-0.4, -0.2) is 36.1 Å². The lowest BCUT2D eigenvalue weighted by Crippen LogP contribution is -2.47. The topological polar surface area (TPSA) is 70.3 Å². The van der Waals surface area contributed by atoms with Crippen LogP contribution in [0.2, 0.25) is 0 Å². The minimum atomic E-state index is 0.577. The van der Waals surface area contributed by atoms with Crippen molar-refractivity contribution in [2.45, 2.75) is 0 Å². The summed E-state index contributed by atoms with van der Waals surface area (Å²) in [7, 11) is 0. The zero-order valence-electron chi connectivity index (χ0n) is 14.8. The minimum Gasteiger partial charge on any atom is -0.393 e. The van der Waals surface area contributed by atoms with Gasteiger partial charge in [-0.3, -0.25) is 0 Å². The van der Waals surface area contributed by atoms with E-state index < -0.39 is 0 Å². The molecule has 3 N–H and O–H groups in total. The van der Waals surface area contributed by atoms with E-state index in [1.54, 1.807) is 6.33 Å². The molecule has 0 bridgehead atoms. The third-order valence-corrected chi connectivity index (χ3v) is 5.20. The molecular formula is C20H21BrN6. The number of para-hydroxylation sites is 1. The number of nitrogens with one attached hydrogen (secondary N) is 1. The number of nitrogen functional groups attached to an aromatic ring is 1. The molecule has 1 aromatic heterocycles. The van der Waals surface area contributed by atoms with Gasteiger partial charge in [-0.15, -0.1) is 0 Å². The normalized spacial score (nSPS) is 14.3. The van der Waals surface area contributed by atoms with Crippen LogP contribution in [-0.2, 0) is 0 Å². The summed E-state index contributed by atoms with van der Waals surface area (Å²) in [6.07, 6.45) is 1.57. The van der Waals surface area contributed by atoms with Crippen molar-refractivity contribution in [1.29, 1.82) is 0 Å². The van der Waals surface area contributed by atoms with Crippen LogP contribution in [0.1, 0.15) is 0 Å². The van der Waals surface area contributed by atoms with Crippen LogP contribution in [0, 0.1) is 0 Å². The van der Waals surface area contributed by atoms with Gasteiger partial charge in [0.25, 0.3) is 0 Å². The smallest absolute Gasteiger partial charge is 0.159 e. The Morgan fingerprint density at radius 2 is 1.52 bits per heavy atom. The molecule has 0 unspecified atom stereocenters. The molecule has 0 radical (unpaired) electrons.